The summed E-state index contributed by atoms with van der Waals surface area (Å²) in [5, 5.41) is 13.5. The summed E-state index contributed by atoms with van der Waals surface area (Å²) in [4.78, 5) is 4.09. The molecule has 0 fully saturated rings. The number of phenols is 1. The number of aromatic hydroxyl groups is 1. The zero-order valence-electron chi connectivity index (χ0n) is 8.98. The lowest BCUT2D eigenvalue weighted by Gasteiger charge is -2.08. The van der Waals surface area contributed by atoms with Crippen LogP contribution in [0, 0.1) is 0 Å². The third-order valence-corrected chi connectivity index (χ3v) is 2.82. The van der Waals surface area contributed by atoms with Crippen LogP contribution < -0.4 is 10.5 Å². The van der Waals surface area contributed by atoms with Crippen molar-refractivity contribution in [3.05, 3.63) is 22.5 Å². The minimum Gasteiger partial charge on any atom is -0.504 e. The molecule has 1 heterocycles. The molecule has 0 unspecified atom stereocenters. The average Bonchev–Trinajstić information content (AvgIpc) is 2.80. The first-order valence-electron chi connectivity index (χ1n) is 4.75. The molecule has 2 rings (SSSR count). The van der Waals surface area contributed by atoms with E-state index in [9.17, 15) is 5.11 Å². The van der Waals surface area contributed by atoms with Crippen LogP contribution >= 0.6 is 15.9 Å². The van der Waals surface area contributed by atoms with Gasteiger partial charge in [0.25, 0.3) is 0 Å². The summed E-state index contributed by atoms with van der Waals surface area (Å²) in [7, 11) is 1.45. The van der Waals surface area contributed by atoms with Crippen molar-refractivity contribution in [3.8, 4) is 22.9 Å². The van der Waals surface area contributed by atoms with E-state index in [2.05, 4.69) is 26.1 Å². The lowest BCUT2D eigenvalue weighted by Crippen LogP contribution is -1.96. The van der Waals surface area contributed by atoms with Crippen LogP contribution in [-0.4, -0.2) is 22.4 Å². The Morgan fingerprint density at radius 2 is 2.29 bits per heavy atom. The van der Waals surface area contributed by atoms with Crippen LogP contribution in [0.25, 0.3) is 11.4 Å². The Balaban J connectivity index is 2.60. The number of nitrogens with zero attached hydrogens (tertiary/aromatic N) is 2. The molecule has 0 aliphatic heterocycles. The summed E-state index contributed by atoms with van der Waals surface area (Å²) in [6.45, 7) is 0.158. The average molecular weight is 300 g/mol. The van der Waals surface area contributed by atoms with Gasteiger partial charge in [-0.3, -0.25) is 0 Å². The van der Waals surface area contributed by atoms with Gasteiger partial charge >= 0.3 is 0 Å². The van der Waals surface area contributed by atoms with Crippen molar-refractivity contribution in [2.24, 2.45) is 5.73 Å². The van der Waals surface area contributed by atoms with Crippen molar-refractivity contribution in [1.82, 2.24) is 10.1 Å². The fourth-order valence-corrected chi connectivity index (χ4v) is 1.89. The van der Waals surface area contributed by atoms with Crippen LogP contribution in [-0.2, 0) is 6.54 Å². The molecule has 0 radical (unpaired) electrons. The van der Waals surface area contributed by atoms with E-state index >= 15 is 0 Å². The van der Waals surface area contributed by atoms with E-state index in [4.69, 9.17) is 15.0 Å². The highest BCUT2D eigenvalue weighted by molar-refractivity contribution is 9.10. The third kappa shape index (κ3) is 2.11. The van der Waals surface area contributed by atoms with Crippen LogP contribution in [0.5, 0.6) is 11.5 Å². The van der Waals surface area contributed by atoms with Crippen LogP contribution in [0.4, 0.5) is 0 Å². The molecule has 7 heteroatoms. The summed E-state index contributed by atoms with van der Waals surface area (Å²) in [5.74, 6) is 0.913. The van der Waals surface area contributed by atoms with Gasteiger partial charge in [-0.05, 0) is 28.1 Å². The van der Waals surface area contributed by atoms with E-state index in [-0.39, 0.29) is 18.0 Å². The van der Waals surface area contributed by atoms with Gasteiger partial charge in [0.2, 0.25) is 11.7 Å². The van der Waals surface area contributed by atoms with Crippen molar-refractivity contribution < 1.29 is 14.4 Å². The Morgan fingerprint density at radius 1 is 1.53 bits per heavy atom. The Bertz CT molecular complexity index is 542. The van der Waals surface area contributed by atoms with Crippen LogP contribution in [0.1, 0.15) is 5.89 Å². The first-order valence-corrected chi connectivity index (χ1v) is 5.55. The fraction of sp³-hybridized carbons (Fsp3) is 0.200. The van der Waals surface area contributed by atoms with Crippen molar-refractivity contribution in [1.29, 1.82) is 0 Å². The maximum absolute atomic E-state index is 9.68. The number of aromatic nitrogens is 2. The molecule has 0 aliphatic carbocycles. The topological polar surface area (TPSA) is 94.4 Å². The minimum atomic E-state index is 0.00444. The number of benzene rings is 1. The normalized spacial score (nSPS) is 10.5. The summed E-state index contributed by atoms with van der Waals surface area (Å²) >= 11 is 3.35. The number of nitrogens with two attached hydrogens (primary N) is 1. The Hall–Kier alpha value is -1.60. The highest BCUT2D eigenvalue weighted by Crippen LogP contribution is 2.41. The molecular formula is C10H10BrN3O3. The van der Waals surface area contributed by atoms with Gasteiger partial charge in [0.15, 0.2) is 11.5 Å². The molecule has 17 heavy (non-hydrogen) atoms. The molecule has 0 saturated heterocycles. The highest BCUT2D eigenvalue weighted by atomic mass is 79.9. The molecule has 0 saturated carbocycles. The smallest absolute Gasteiger partial charge is 0.240 e. The van der Waals surface area contributed by atoms with Gasteiger partial charge in [-0.25, -0.2) is 0 Å². The maximum atomic E-state index is 9.68. The van der Waals surface area contributed by atoms with E-state index in [0.29, 0.717) is 21.8 Å². The second-order valence-electron chi connectivity index (χ2n) is 3.19. The van der Waals surface area contributed by atoms with Crippen LogP contribution in [0.15, 0.2) is 21.1 Å². The van der Waals surface area contributed by atoms with E-state index in [1.807, 2.05) is 0 Å². The van der Waals surface area contributed by atoms with E-state index in [1.165, 1.54) is 13.2 Å². The second kappa shape index (κ2) is 4.72. The fourth-order valence-electron chi connectivity index (χ4n) is 1.40. The standard InChI is InChI=1S/C10H10BrN3O3/c1-16-9-6(15)3-2-5(11)8(9)10-13-7(4-12)17-14-10/h2-3,15H,4,12H2,1H3. The molecule has 1 aromatic carbocycles. The molecule has 0 atom stereocenters. The van der Waals surface area contributed by atoms with Gasteiger partial charge in [-0.15, -0.1) is 0 Å². The predicted molar refractivity (Wildman–Crippen MR) is 63.5 cm³/mol. The monoisotopic (exact) mass is 299 g/mol. The number of rotatable bonds is 3. The molecular weight excluding hydrogens is 290 g/mol. The highest BCUT2D eigenvalue weighted by Gasteiger charge is 2.19. The molecule has 6 nitrogen and oxygen atoms in total. The third-order valence-electron chi connectivity index (χ3n) is 2.16. The minimum absolute atomic E-state index is 0.00444. The van der Waals surface area contributed by atoms with E-state index < -0.39 is 0 Å². The Morgan fingerprint density at radius 3 is 2.88 bits per heavy atom. The summed E-state index contributed by atoms with van der Waals surface area (Å²) in [6.07, 6.45) is 0. The molecule has 2 aromatic rings. The van der Waals surface area contributed by atoms with Gasteiger partial charge in [0.1, 0.15) is 0 Å². The molecule has 1 aromatic heterocycles. The maximum Gasteiger partial charge on any atom is 0.240 e. The number of halogens is 1. The summed E-state index contributed by atoms with van der Waals surface area (Å²) < 4.78 is 10.7. The molecule has 3 N–H and O–H groups in total. The summed E-state index contributed by atoms with van der Waals surface area (Å²) in [6, 6.07) is 3.18. The van der Waals surface area contributed by atoms with Crippen molar-refractivity contribution in [3.63, 3.8) is 0 Å². The molecule has 0 aliphatic rings. The number of methoxy groups -OCH3 is 1. The number of ether oxygens (including phenoxy) is 1. The van der Waals surface area contributed by atoms with Gasteiger partial charge in [0, 0.05) is 4.47 Å². The zero-order chi connectivity index (χ0) is 12.4. The van der Waals surface area contributed by atoms with Gasteiger partial charge in [-0.2, -0.15) is 4.98 Å². The number of hydrogen-bond acceptors (Lipinski definition) is 6. The van der Waals surface area contributed by atoms with Crippen LogP contribution in [0.3, 0.4) is 0 Å². The van der Waals surface area contributed by atoms with Crippen molar-refractivity contribution >= 4 is 15.9 Å². The number of hydrogen-bond donors (Lipinski definition) is 2. The first kappa shape index (κ1) is 11.9. The van der Waals surface area contributed by atoms with Crippen molar-refractivity contribution in [2.45, 2.75) is 6.54 Å². The van der Waals surface area contributed by atoms with Gasteiger partial charge in [0.05, 0.1) is 19.2 Å². The predicted octanol–water partition coefficient (Wildman–Crippen LogP) is 1.67. The molecule has 90 valence electrons. The van der Waals surface area contributed by atoms with E-state index in [1.54, 1.807) is 6.07 Å². The first-order chi connectivity index (χ1) is 8.17. The van der Waals surface area contributed by atoms with Crippen LogP contribution in [0.2, 0.25) is 0 Å². The largest absolute Gasteiger partial charge is 0.504 e. The van der Waals surface area contributed by atoms with E-state index in [0.717, 1.165) is 0 Å². The lowest BCUT2D eigenvalue weighted by atomic mass is 10.2. The quantitative estimate of drug-likeness (QED) is 0.895. The number of phenolic OH excluding ortho intramolecular Hbond substituents is 1. The molecule has 0 spiro atoms. The van der Waals surface area contributed by atoms with Crippen molar-refractivity contribution in [2.75, 3.05) is 7.11 Å². The summed E-state index contributed by atoms with van der Waals surface area (Å²) in [5.41, 5.74) is 5.92. The second-order valence-corrected chi connectivity index (χ2v) is 4.04. The zero-order valence-corrected chi connectivity index (χ0v) is 10.6. The van der Waals surface area contributed by atoms with Gasteiger partial charge < -0.3 is 20.1 Å². The Kier molecular flexibility index (Phi) is 3.30. The molecule has 0 bridgehead atoms. The SMILES string of the molecule is COc1c(O)ccc(Br)c1-c1noc(CN)n1. The molecule has 0 amide bonds. The lowest BCUT2D eigenvalue weighted by molar-refractivity contribution is 0.371. The van der Waals surface area contributed by atoms with Gasteiger partial charge in [-0.1, -0.05) is 5.16 Å². The Labute approximate surface area is 106 Å².